The number of aromatic nitrogens is 2. The number of hydrogen-bond donors (Lipinski definition) is 1. The number of benzene rings is 2. The second-order valence-corrected chi connectivity index (χ2v) is 7.56. The summed E-state index contributed by atoms with van der Waals surface area (Å²) in [6.07, 6.45) is -1.48. The Kier molecular flexibility index (Phi) is 5.07. The summed E-state index contributed by atoms with van der Waals surface area (Å²) in [6.45, 7) is 1.81. The van der Waals surface area contributed by atoms with Crippen LogP contribution in [-0.2, 0) is 16.2 Å². The van der Waals surface area contributed by atoms with E-state index in [4.69, 9.17) is 4.74 Å². The molecule has 2 aromatic carbocycles. The van der Waals surface area contributed by atoms with Gasteiger partial charge in [-0.2, -0.15) is 13.2 Å². The van der Waals surface area contributed by atoms with Gasteiger partial charge >= 0.3 is 6.18 Å². The van der Waals surface area contributed by atoms with Gasteiger partial charge in [0.2, 0.25) is 0 Å². The summed E-state index contributed by atoms with van der Waals surface area (Å²) >= 11 is 0. The maximum absolute atomic E-state index is 13.2. The van der Waals surface area contributed by atoms with Crippen molar-refractivity contribution in [3.05, 3.63) is 66.2 Å². The van der Waals surface area contributed by atoms with E-state index in [2.05, 4.69) is 9.71 Å². The minimum Gasteiger partial charge on any atom is -0.494 e. The zero-order valence-corrected chi connectivity index (χ0v) is 15.7. The van der Waals surface area contributed by atoms with Crippen LogP contribution in [0.15, 0.2) is 59.9 Å². The van der Waals surface area contributed by atoms with Crippen molar-refractivity contribution in [2.75, 3.05) is 11.8 Å². The van der Waals surface area contributed by atoms with E-state index in [-0.39, 0.29) is 5.69 Å². The van der Waals surface area contributed by atoms with Crippen LogP contribution in [0.1, 0.15) is 11.3 Å². The summed E-state index contributed by atoms with van der Waals surface area (Å²) in [5.74, 6) is 0.321. The van der Waals surface area contributed by atoms with Crippen molar-refractivity contribution >= 4 is 15.7 Å². The minimum absolute atomic E-state index is 0.0643. The summed E-state index contributed by atoms with van der Waals surface area (Å²) in [7, 11) is -3.07. The molecule has 0 unspecified atom stereocenters. The molecule has 0 aliphatic rings. The van der Waals surface area contributed by atoms with Crippen LogP contribution in [0.4, 0.5) is 18.9 Å². The van der Waals surface area contributed by atoms with E-state index in [0.717, 1.165) is 23.9 Å². The average Bonchev–Trinajstić information content (AvgIpc) is 3.06. The first-order chi connectivity index (χ1) is 13.1. The maximum Gasteiger partial charge on any atom is 0.417 e. The fourth-order valence-corrected chi connectivity index (χ4v) is 3.93. The zero-order valence-electron chi connectivity index (χ0n) is 14.9. The van der Waals surface area contributed by atoms with Gasteiger partial charge in [0.1, 0.15) is 5.75 Å². The van der Waals surface area contributed by atoms with Crippen LogP contribution in [0.25, 0.3) is 5.69 Å². The smallest absolute Gasteiger partial charge is 0.417 e. The minimum atomic E-state index is -4.80. The number of anilines is 1. The lowest BCUT2D eigenvalue weighted by Crippen LogP contribution is -2.19. The first-order valence-electron chi connectivity index (χ1n) is 8.00. The summed E-state index contributed by atoms with van der Waals surface area (Å²) in [6, 6.07) is 8.39. The first-order valence-corrected chi connectivity index (χ1v) is 9.48. The van der Waals surface area contributed by atoms with Gasteiger partial charge in [-0.1, -0.05) is 12.1 Å². The molecule has 10 heteroatoms. The number of imidazole rings is 1. The molecular formula is C18H16F3N3O3S. The van der Waals surface area contributed by atoms with Gasteiger partial charge in [0.05, 0.1) is 41.0 Å². The molecule has 28 heavy (non-hydrogen) atoms. The number of rotatable bonds is 5. The molecule has 0 spiro atoms. The number of nitrogens with one attached hydrogen (secondary N) is 1. The molecule has 0 atom stereocenters. The van der Waals surface area contributed by atoms with Gasteiger partial charge in [-0.25, -0.2) is 13.4 Å². The lowest BCUT2D eigenvalue weighted by Gasteiger charge is -2.16. The van der Waals surface area contributed by atoms with Crippen LogP contribution in [0.2, 0.25) is 0 Å². The van der Waals surface area contributed by atoms with Crippen LogP contribution in [0.5, 0.6) is 5.75 Å². The quantitative estimate of drug-likeness (QED) is 0.689. The number of halogens is 3. The van der Waals surface area contributed by atoms with Crippen molar-refractivity contribution < 1.29 is 26.3 Å². The van der Waals surface area contributed by atoms with Crippen LogP contribution in [0.3, 0.4) is 0 Å². The predicted octanol–water partition coefficient (Wildman–Crippen LogP) is 4.01. The molecule has 6 nitrogen and oxygen atoms in total. The molecule has 3 aromatic rings. The van der Waals surface area contributed by atoms with Gasteiger partial charge in [0, 0.05) is 12.3 Å². The summed E-state index contributed by atoms with van der Waals surface area (Å²) in [4.78, 5) is 3.26. The molecule has 0 aliphatic carbocycles. The lowest BCUT2D eigenvalue weighted by atomic mass is 10.2. The van der Waals surface area contributed by atoms with E-state index < -0.39 is 26.7 Å². The van der Waals surface area contributed by atoms with E-state index in [0.29, 0.717) is 11.4 Å². The van der Waals surface area contributed by atoms with E-state index in [1.807, 2.05) is 6.92 Å². The van der Waals surface area contributed by atoms with Crippen molar-refractivity contribution in [2.24, 2.45) is 0 Å². The van der Waals surface area contributed by atoms with E-state index in [9.17, 15) is 21.6 Å². The van der Waals surface area contributed by atoms with E-state index in [1.54, 1.807) is 23.2 Å². The largest absolute Gasteiger partial charge is 0.494 e. The summed E-state index contributed by atoms with van der Waals surface area (Å²) in [5, 5.41) is 0. The monoisotopic (exact) mass is 411 g/mol. The second kappa shape index (κ2) is 7.19. The fourth-order valence-electron chi connectivity index (χ4n) is 2.65. The molecule has 0 aliphatic heterocycles. The van der Waals surface area contributed by atoms with Gasteiger partial charge in [-0.05, 0) is 31.2 Å². The van der Waals surface area contributed by atoms with Gasteiger partial charge < -0.3 is 9.30 Å². The molecule has 0 bridgehead atoms. The average molecular weight is 411 g/mol. The number of aryl methyl sites for hydroxylation is 1. The van der Waals surface area contributed by atoms with Crippen molar-refractivity contribution in [1.82, 2.24) is 9.55 Å². The molecule has 3 rings (SSSR count). The third-order valence-corrected chi connectivity index (χ3v) is 5.34. The second-order valence-electron chi connectivity index (χ2n) is 5.91. The molecule has 1 aromatic heterocycles. The van der Waals surface area contributed by atoms with Gasteiger partial charge in [-0.3, -0.25) is 4.72 Å². The van der Waals surface area contributed by atoms with Crippen molar-refractivity contribution in [2.45, 2.75) is 18.0 Å². The Morgan fingerprint density at radius 1 is 1.14 bits per heavy atom. The Labute approximate surface area is 159 Å². The highest BCUT2D eigenvalue weighted by Gasteiger charge is 2.36. The number of sulfonamides is 1. The Balaban J connectivity index is 1.98. The Bertz CT molecular complexity index is 1110. The number of methoxy groups -OCH3 is 1. The fraction of sp³-hybridized carbons (Fsp3) is 0.167. The highest BCUT2D eigenvalue weighted by Crippen LogP contribution is 2.35. The van der Waals surface area contributed by atoms with Gasteiger partial charge in [0.25, 0.3) is 10.0 Å². The molecule has 0 fully saturated rings. The van der Waals surface area contributed by atoms with E-state index in [1.165, 1.54) is 25.3 Å². The molecule has 0 radical (unpaired) electrons. The molecule has 1 N–H and O–H groups in total. The normalized spacial score (nSPS) is 12.0. The number of hydrogen-bond acceptors (Lipinski definition) is 4. The molecule has 0 saturated carbocycles. The summed E-state index contributed by atoms with van der Waals surface area (Å²) < 4.78 is 73.7. The Morgan fingerprint density at radius 3 is 2.46 bits per heavy atom. The predicted molar refractivity (Wildman–Crippen MR) is 97.1 cm³/mol. The molecule has 0 saturated heterocycles. The Morgan fingerprint density at radius 2 is 1.86 bits per heavy atom. The highest BCUT2D eigenvalue weighted by molar-refractivity contribution is 7.92. The Hall–Kier alpha value is -3.01. The standard InChI is InChI=1S/C18H16F3N3O3S/c1-12-10-24(11-22-12)15-8-7-13(9-16(15)27-2)23-28(25,26)17-6-4-3-5-14(17)18(19,20)21/h3-11,23H,1-2H3. The number of nitrogens with zero attached hydrogens (tertiary/aromatic N) is 2. The first kappa shape index (κ1) is 19.7. The SMILES string of the molecule is COc1cc(NS(=O)(=O)c2ccccc2C(F)(F)F)ccc1-n1cnc(C)c1. The number of ether oxygens (including phenoxy) is 1. The van der Waals surface area contributed by atoms with Gasteiger partial charge in [-0.15, -0.1) is 0 Å². The van der Waals surface area contributed by atoms with Crippen LogP contribution < -0.4 is 9.46 Å². The molecule has 0 amide bonds. The maximum atomic E-state index is 13.2. The van der Waals surface area contributed by atoms with Crippen LogP contribution in [0, 0.1) is 6.92 Å². The molecule has 148 valence electrons. The van der Waals surface area contributed by atoms with Crippen molar-refractivity contribution in [3.8, 4) is 11.4 Å². The van der Waals surface area contributed by atoms with Crippen LogP contribution >= 0.6 is 0 Å². The van der Waals surface area contributed by atoms with Gasteiger partial charge in [0.15, 0.2) is 0 Å². The third-order valence-electron chi connectivity index (χ3n) is 3.90. The van der Waals surface area contributed by atoms with Crippen molar-refractivity contribution in [3.63, 3.8) is 0 Å². The lowest BCUT2D eigenvalue weighted by molar-refractivity contribution is -0.139. The van der Waals surface area contributed by atoms with Crippen LogP contribution in [-0.4, -0.2) is 25.1 Å². The number of alkyl halides is 3. The third kappa shape index (κ3) is 3.96. The van der Waals surface area contributed by atoms with E-state index >= 15 is 0 Å². The molecule has 1 heterocycles. The summed E-state index contributed by atoms with van der Waals surface area (Å²) in [5.41, 5.74) is 0.201. The topological polar surface area (TPSA) is 73.2 Å². The zero-order chi connectivity index (χ0) is 20.5. The molecular weight excluding hydrogens is 395 g/mol. The van der Waals surface area contributed by atoms with Crippen molar-refractivity contribution in [1.29, 1.82) is 0 Å². The highest BCUT2D eigenvalue weighted by atomic mass is 32.2.